The Bertz CT molecular complexity index is 665. The van der Waals surface area contributed by atoms with Gasteiger partial charge < -0.3 is 0 Å². The number of nitrogens with zero attached hydrogens (tertiary/aromatic N) is 5. The fourth-order valence-electron chi connectivity index (χ4n) is 2.02. The van der Waals surface area contributed by atoms with E-state index in [0.717, 1.165) is 16.9 Å². The van der Waals surface area contributed by atoms with E-state index in [4.69, 9.17) is 5.84 Å². The second kappa shape index (κ2) is 5.55. The Hall–Kier alpha value is -2.64. The van der Waals surface area contributed by atoms with Crippen molar-refractivity contribution in [3.63, 3.8) is 0 Å². The van der Waals surface area contributed by atoms with E-state index in [1.54, 1.807) is 23.3 Å². The molecule has 0 saturated heterocycles. The number of aromatic nitrogens is 5. The van der Waals surface area contributed by atoms with Crippen LogP contribution in [0.2, 0.25) is 0 Å². The molecular weight excluding hydrogens is 254 g/mol. The van der Waals surface area contributed by atoms with E-state index in [-0.39, 0.29) is 6.04 Å². The van der Waals surface area contributed by atoms with Crippen molar-refractivity contribution in [2.45, 2.75) is 6.04 Å². The quantitative estimate of drug-likeness (QED) is 0.531. The summed E-state index contributed by atoms with van der Waals surface area (Å²) in [4.78, 5) is 8.02. The first-order valence-electron chi connectivity index (χ1n) is 6.07. The Labute approximate surface area is 115 Å². The summed E-state index contributed by atoms with van der Waals surface area (Å²) in [6, 6.07) is 9.45. The van der Waals surface area contributed by atoms with Gasteiger partial charge in [0.05, 0.1) is 23.6 Å². The third-order valence-electron chi connectivity index (χ3n) is 2.95. The number of hydrogen-bond acceptors (Lipinski definition) is 6. The molecular formula is C13H13N7. The topological polar surface area (TPSA) is 94.5 Å². The van der Waals surface area contributed by atoms with Crippen LogP contribution in [0.3, 0.4) is 0 Å². The van der Waals surface area contributed by atoms with Crippen LogP contribution in [0.5, 0.6) is 0 Å². The minimum Gasteiger partial charge on any atom is -0.271 e. The van der Waals surface area contributed by atoms with Crippen LogP contribution >= 0.6 is 0 Å². The Morgan fingerprint density at radius 1 is 1.05 bits per heavy atom. The maximum atomic E-state index is 5.67. The van der Waals surface area contributed by atoms with Gasteiger partial charge in [-0.15, -0.1) is 5.10 Å². The van der Waals surface area contributed by atoms with Crippen LogP contribution in [0.4, 0.5) is 0 Å². The first-order chi connectivity index (χ1) is 9.90. The molecule has 20 heavy (non-hydrogen) atoms. The van der Waals surface area contributed by atoms with E-state index < -0.39 is 0 Å². The summed E-state index contributed by atoms with van der Waals surface area (Å²) in [5.74, 6) is 5.67. The number of rotatable bonds is 4. The van der Waals surface area contributed by atoms with Crippen molar-refractivity contribution >= 4 is 0 Å². The van der Waals surface area contributed by atoms with Gasteiger partial charge in [0.1, 0.15) is 6.33 Å². The molecule has 0 radical (unpaired) electrons. The largest absolute Gasteiger partial charge is 0.271 e. The molecule has 1 unspecified atom stereocenters. The Kier molecular flexibility index (Phi) is 3.44. The van der Waals surface area contributed by atoms with Gasteiger partial charge in [0, 0.05) is 18.0 Å². The minimum atomic E-state index is -0.286. The summed E-state index contributed by atoms with van der Waals surface area (Å²) in [5.41, 5.74) is 5.32. The molecule has 7 nitrogen and oxygen atoms in total. The average molecular weight is 267 g/mol. The molecule has 2 heterocycles. The average Bonchev–Trinajstić information content (AvgIpc) is 2.99. The van der Waals surface area contributed by atoms with E-state index in [9.17, 15) is 0 Å². The number of hydrazine groups is 1. The Morgan fingerprint density at radius 2 is 1.80 bits per heavy atom. The molecule has 3 rings (SSSR count). The summed E-state index contributed by atoms with van der Waals surface area (Å²) in [6.07, 6.45) is 6.56. The molecule has 1 aromatic carbocycles. The molecule has 0 aliphatic rings. The monoisotopic (exact) mass is 267 g/mol. The van der Waals surface area contributed by atoms with Crippen molar-refractivity contribution in [2.75, 3.05) is 0 Å². The SMILES string of the molecule is NNC(c1cncnc1)c1cnnn1-c1ccccc1. The normalized spacial score (nSPS) is 12.2. The fourth-order valence-corrected chi connectivity index (χ4v) is 2.02. The molecule has 0 aliphatic carbocycles. The van der Waals surface area contributed by atoms with Gasteiger partial charge in [0.2, 0.25) is 0 Å². The highest BCUT2D eigenvalue weighted by molar-refractivity contribution is 5.34. The standard InChI is InChI=1S/C13H13N7/c14-18-13(10-6-15-9-16-7-10)12-8-17-19-20(12)11-4-2-1-3-5-11/h1-9,13,18H,14H2. The number of para-hydroxylation sites is 1. The summed E-state index contributed by atoms with van der Waals surface area (Å²) in [5, 5.41) is 8.08. The summed E-state index contributed by atoms with van der Waals surface area (Å²) < 4.78 is 1.73. The molecule has 0 fully saturated rings. The van der Waals surface area contributed by atoms with Crippen LogP contribution < -0.4 is 11.3 Å². The second-order valence-corrected chi connectivity index (χ2v) is 4.18. The van der Waals surface area contributed by atoms with E-state index in [1.165, 1.54) is 6.33 Å². The highest BCUT2D eigenvalue weighted by atomic mass is 15.4. The molecule has 100 valence electrons. The summed E-state index contributed by atoms with van der Waals surface area (Å²) in [6.45, 7) is 0. The van der Waals surface area contributed by atoms with E-state index in [1.807, 2.05) is 30.3 Å². The first kappa shape index (κ1) is 12.4. The van der Waals surface area contributed by atoms with Crippen LogP contribution in [-0.4, -0.2) is 25.0 Å². The van der Waals surface area contributed by atoms with Crippen molar-refractivity contribution in [3.05, 3.63) is 66.5 Å². The zero-order chi connectivity index (χ0) is 13.8. The van der Waals surface area contributed by atoms with Crippen LogP contribution in [0.1, 0.15) is 17.3 Å². The van der Waals surface area contributed by atoms with E-state index in [0.29, 0.717) is 0 Å². The highest BCUT2D eigenvalue weighted by Gasteiger charge is 2.19. The van der Waals surface area contributed by atoms with Crippen LogP contribution in [0.25, 0.3) is 5.69 Å². The van der Waals surface area contributed by atoms with Gasteiger partial charge in [-0.05, 0) is 12.1 Å². The lowest BCUT2D eigenvalue weighted by Crippen LogP contribution is -2.30. The van der Waals surface area contributed by atoms with E-state index >= 15 is 0 Å². The predicted molar refractivity (Wildman–Crippen MR) is 72.6 cm³/mol. The number of nitrogens with one attached hydrogen (secondary N) is 1. The third-order valence-corrected chi connectivity index (χ3v) is 2.95. The molecule has 1 atom stereocenters. The zero-order valence-electron chi connectivity index (χ0n) is 10.6. The van der Waals surface area contributed by atoms with Gasteiger partial charge in [-0.25, -0.2) is 20.1 Å². The van der Waals surface area contributed by atoms with Crippen LogP contribution in [0.15, 0.2) is 55.2 Å². The third kappa shape index (κ3) is 2.27. The van der Waals surface area contributed by atoms with Crippen LogP contribution in [0, 0.1) is 0 Å². The maximum absolute atomic E-state index is 5.67. The Morgan fingerprint density at radius 3 is 2.50 bits per heavy atom. The highest BCUT2D eigenvalue weighted by Crippen LogP contribution is 2.21. The molecule has 3 aromatic rings. The van der Waals surface area contributed by atoms with Crippen molar-refractivity contribution in [1.29, 1.82) is 0 Å². The number of benzene rings is 1. The number of hydrogen-bond donors (Lipinski definition) is 2. The first-order valence-corrected chi connectivity index (χ1v) is 6.07. The summed E-state index contributed by atoms with van der Waals surface area (Å²) in [7, 11) is 0. The van der Waals surface area contributed by atoms with Crippen LogP contribution in [-0.2, 0) is 0 Å². The van der Waals surface area contributed by atoms with Gasteiger partial charge in [-0.3, -0.25) is 5.84 Å². The van der Waals surface area contributed by atoms with Gasteiger partial charge in [0.15, 0.2) is 0 Å². The van der Waals surface area contributed by atoms with Crippen molar-refractivity contribution < 1.29 is 0 Å². The fraction of sp³-hybridized carbons (Fsp3) is 0.0769. The molecule has 0 bridgehead atoms. The molecule has 7 heteroatoms. The lowest BCUT2D eigenvalue weighted by atomic mass is 10.1. The molecule has 0 spiro atoms. The second-order valence-electron chi connectivity index (χ2n) is 4.18. The minimum absolute atomic E-state index is 0.286. The van der Waals surface area contributed by atoms with Gasteiger partial charge in [-0.2, -0.15) is 0 Å². The zero-order valence-corrected chi connectivity index (χ0v) is 10.6. The number of nitrogens with two attached hydrogens (primary N) is 1. The van der Waals surface area contributed by atoms with E-state index in [2.05, 4.69) is 25.7 Å². The lowest BCUT2D eigenvalue weighted by molar-refractivity contribution is 0.591. The van der Waals surface area contributed by atoms with Gasteiger partial charge in [0.25, 0.3) is 0 Å². The molecule has 2 aromatic heterocycles. The molecule has 0 saturated carbocycles. The smallest absolute Gasteiger partial charge is 0.115 e. The maximum Gasteiger partial charge on any atom is 0.115 e. The van der Waals surface area contributed by atoms with Crippen molar-refractivity contribution in [2.24, 2.45) is 5.84 Å². The molecule has 0 amide bonds. The molecule has 3 N–H and O–H groups in total. The van der Waals surface area contributed by atoms with Crippen molar-refractivity contribution in [3.8, 4) is 5.69 Å². The van der Waals surface area contributed by atoms with Gasteiger partial charge in [-0.1, -0.05) is 23.4 Å². The lowest BCUT2D eigenvalue weighted by Gasteiger charge is -2.16. The van der Waals surface area contributed by atoms with Gasteiger partial charge >= 0.3 is 0 Å². The summed E-state index contributed by atoms with van der Waals surface area (Å²) >= 11 is 0. The van der Waals surface area contributed by atoms with Crippen molar-refractivity contribution in [1.82, 2.24) is 30.4 Å². The molecule has 0 aliphatic heterocycles. The predicted octanol–water partition coefficient (Wildman–Crippen LogP) is 0.610. The Balaban J connectivity index is 2.04.